The zero-order valence-corrected chi connectivity index (χ0v) is 16.5. The van der Waals surface area contributed by atoms with Gasteiger partial charge in [0.15, 0.2) is 5.82 Å². The quantitative estimate of drug-likeness (QED) is 0.611. The average Bonchev–Trinajstić information content (AvgIpc) is 3.22. The maximum Gasteiger partial charge on any atom is 0.173 e. The molecule has 0 amide bonds. The van der Waals surface area contributed by atoms with Crippen LogP contribution in [0.3, 0.4) is 0 Å². The normalized spacial score (nSPS) is 16.1. The monoisotopic (exact) mass is 396 g/mol. The third kappa shape index (κ3) is 4.44. The summed E-state index contributed by atoms with van der Waals surface area (Å²) in [5.41, 5.74) is 2.21. The van der Waals surface area contributed by atoms with E-state index in [0.717, 1.165) is 43.3 Å². The van der Waals surface area contributed by atoms with E-state index in [4.69, 9.17) is 4.74 Å². The van der Waals surface area contributed by atoms with E-state index in [1.807, 2.05) is 35.0 Å². The minimum Gasteiger partial charge on any atom is -0.383 e. The first kappa shape index (κ1) is 19.5. The molecule has 1 fully saturated rings. The van der Waals surface area contributed by atoms with Crippen LogP contribution in [0, 0.1) is 5.82 Å². The van der Waals surface area contributed by atoms with Crippen molar-refractivity contribution >= 4 is 5.69 Å². The van der Waals surface area contributed by atoms with Crippen LogP contribution in [0.25, 0.3) is 0 Å². The van der Waals surface area contributed by atoms with Crippen LogP contribution in [0.5, 0.6) is 0 Å². The lowest BCUT2D eigenvalue weighted by Gasteiger charge is -2.39. The van der Waals surface area contributed by atoms with Crippen molar-refractivity contribution in [3.8, 4) is 0 Å². The number of nitrogens with zero attached hydrogens (tertiary/aromatic N) is 6. The summed E-state index contributed by atoms with van der Waals surface area (Å²) in [5, 5.41) is 12.4. The highest BCUT2D eigenvalue weighted by Crippen LogP contribution is 2.29. The molecule has 2 heterocycles. The van der Waals surface area contributed by atoms with Gasteiger partial charge in [-0.05, 0) is 40.3 Å². The number of methoxy groups -OCH3 is 1. The number of benzene rings is 2. The van der Waals surface area contributed by atoms with E-state index in [0.29, 0.717) is 13.2 Å². The van der Waals surface area contributed by atoms with Crippen molar-refractivity contribution in [3.63, 3.8) is 0 Å². The van der Waals surface area contributed by atoms with Gasteiger partial charge in [0, 0.05) is 39.0 Å². The Morgan fingerprint density at radius 2 is 1.72 bits per heavy atom. The first-order chi connectivity index (χ1) is 14.3. The fourth-order valence-corrected chi connectivity index (χ4v) is 3.79. The minimum atomic E-state index is -0.209. The molecule has 1 aliphatic rings. The summed E-state index contributed by atoms with van der Waals surface area (Å²) in [7, 11) is 1.67. The zero-order chi connectivity index (χ0) is 20.1. The third-order valence-corrected chi connectivity index (χ3v) is 5.30. The number of halogens is 1. The maximum atomic E-state index is 13.2. The van der Waals surface area contributed by atoms with Crippen molar-refractivity contribution in [2.75, 3.05) is 44.8 Å². The van der Waals surface area contributed by atoms with Gasteiger partial charge in [-0.2, -0.15) is 0 Å². The zero-order valence-electron chi connectivity index (χ0n) is 16.5. The molecule has 7 nitrogen and oxygen atoms in total. The van der Waals surface area contributed by atoms with Crippen LogP contribution in [-0.4, -0.2) is 65.0 Å². The Balaban J connectivity index is 1.55. The van der Waals surface area contributed by atoms with Gasteiger partial charge in [-0.15, -0.1) is 5.10 Å². The summed E-state index contributed by atoms with van der Waals surface area (Å²) in [6.45, 7) is 4.58. The Kier molecular flexibility index (Phi) is 6.12. The van der Waals surface area contributed by atoms with Crippen molar-refractivity contribution < 1.29 is 9.13 Å². The predicted molar refractivity (Wildman–Crippen MR) is 108 cm³/mol. The summed E-state index contributed by atoms with van der Waals surface area (Å²) in [6.07, 6.45) is 0. The molecule has 3 aromatic rings. The molecule has 29 heavy (non-hydrogen) atoms. The van der Waals surface area contributed by atoms with Crippen LogP contribution >= 0.6 is 0 Å². The molecule has 1 aromatic heterocycles. The van der Waals surface area contributed by atoms with E-state index < -0.39 is 0 Å². The summed E-state index contributed by atoms with van der Waals surface area (Å²) in [5.74, 6) is 0.614. The average molecular weight is 396 g/mol. The van der Waals surface area contributed by atoms with E-state index >= 15 is 0 Å². The van der Waals surface area contributed by atoms with Crippen molar-refractivity contribution in [3.05, 3.63) is 71.8 Å². The molecule has 2 aromatic carbocycles. The Hall–Kier alpha value is -2.84. The Bertz CT molecular complexity index is 893. The van der Waals surface area contributed by atoms with Gasteiger partial charge in [0.2, 0.25) is 0 Å². The second-order valence-electron chi connectivity index (χ2n) is 7.07. The predicted octanol–water partition coefficient (Wildman–Crippen LogP) is 2.37. The van der Waals surface area contributed by atoms with E-state index in [1.54, 1.807) is 7.11 Å². The Morgan fingerprint density at radius 3 is 2.41 bits per heavy atom. The molecule has 0 saturated carbocycles. The highest BCUT2D eigenvalue weighted by molar-refractivity contribution is 5.46. The van der Waals surface area contributed by atoms with Crippen LogP contribution in [-0.2, 0) is 11.3 Å². The number of hydrogen-bond donors (Lipinski definition) is 0. The van der Waals surface area contributed by atoms with Crippen LogP contribution < -0.4 is 4.90 Å². The molecule has 152 valence electrons. The Morgan fingerprint density at radius 1 is 1.00 bits per heavy atom. The first-order valence-electron chi connectivity index (χ1n) is 9.81. The minimum absolute atomic E-state index is 0.0292. The van der Waals surface area contributed by atoms with Crippen LogP contribution in [0.15, 0.2) is 54.6 Å². The van der Waals surface area contributed by atoms with Gasteiger partial charge in [0.1, 0.15) is 5.82 Å². The number of tetrazole rings is 1. The van der Waals surface area contributed by atoms with Crippen molar-refractivity contribution in [2.45, 2.75) is 12.6 Å². The second kappa shape index (κ2) is 9.11. The van der Waals surface area contributed by atoms with Crippen LogP contribution in [0.1, 0.15) is 17.4 Å². The van der Waals surface area contributed by atoms with Gasteiger partial charge in [-0.1, -0.05) is 30.3 Å². The van der Waals surface area contributed by atoms with E-state index in [1.165, 1.54) is 12.1 Å². The van der Waals surface area contributed by atoms with Gasteiger partial charge < -0.3 is 9.64 Å². The van der Waals surface area contributed by atoms with Gasteiger partial charge in [-0.25, -0.2) is 9.07 Å². The van der Waals surface area contributed by atoms with E-state index in [2.05, 4.69) is 37.5 Å². The highest BCUT2D eigenvalue weighted by atomic mass is 19.1. The highest BCUT2D eigenvalue weighted by Gasteiger charge is 2.30. The topological polar surface area (TPSA) is 59.3 Å². The number of ether oxygens (including phenoxy) is 1. The molecule has 1 atom stereocenters. The third-order valence-electron chi connectivity index (χ3n) is 5.30. The fraction of sp³-hybridized carbons (Fsp3) is 0.381. The first-order valence-corrected chi connectivity index (χ1v) is 9.81. The van der Waals surface area contributed by atoms with Gasteiger partial charge in [-0.3, -0.25) is 4.90 Å². The van der Waals surface area contributed by atoms with E-state index in [9.17, 15) is 4.39 Å². The van der Waals surface area contributed by atoms with Gasteiger partial charge in [0.05, 0.1) is 19.2 Å². The van der Waals surface area contributed by atoms with Gasteiger partial charge in [0.25, 0.3) is 0 Å². The van der Waals surface area contributed by atoms with Crippen LogP contribution in [0.2, 0.25) is 0 Å². The number of rotatable bonds is 7. The molecular weight excluding hydrogens is 371 g/mol. The van der Waals surface area contributed by atoms with Gasteiger partial charge >= 0.3 is 0 Å². The molecule has 8 heteroatoms. The Labute approximate surface area is 169 Å². The van der Waals surface area contributed by atoms with E-state index in [-0.39, 0.29) is 11.9 Å². The molecule has 0 radical (unpaired) electrons. The molecule has 0 bridgehead atoms. The number of hydrogen-bond acceptors (Lipinski definition) is 6. The summed E-state index contributed by atoms with van der Waals surface area (Å²) in [4.78, 5) is 4.69. The standard InChI is InChI=1S/C21H25FN6O/c1-29-16-15-28-21(23-24-25-28)20(17-5-3-2-4-6-17)27-13-11-26(12-14-27)19-9-7-18(22)8-10-19/h2-10,20H,11-16H2,1H3/t20-/m1/s1. The lowest BCUT2D eigenvalue weighted by molar-refractivity contribution is 0.172. The van der Waals surface area contributed by atoms with Crippen molar-refractivity contribution in [2.24, 2.45) is 0 Å². The van der Waals surface area contributed by atoms with Crippen molar-refractivity contribution in [1.82, 2.24) is 25.1 Å². The molecule has 4 rings (SSSR count). The van der Waals surface area contributed by atoms with Crippen molar-refractivity contribution in [1.29, 1.82) is 0 Å². The molecular formula is C21H25FN6O. The molecule has 0 unspecified atom stereocenters. The molecule has 0 spiro atoms. The van der Waals surface area contributed by atoms with Crippen LogP contribution in [0.4, 0.5) is 10.1 Å². The lowest BCUT2D eigenvalue weighted by atomic mass is 10.0. The number of piperazine rings is 1. The lowest BCUT2D eigenvalue weighted by Crippen LogP contribution is -2.48. The number of anilines is 1. The SMILES string of the molecule is COCCn1nnnc1[C@@H](c1ccccc1)N1CCN(c2ccc(F)cc2)CC1. The summed E-state index contributed by atoms with van der Waals surface area (Å²) < 4.78 is 20.3. The molecule has 1 aliphatic heterocycles. The summed E-state index contributed by atoms with van der Waals surface area (Å²) >= 11 is 0. The second-order valence-corrected chi connectivity index (χ2v) is 7.07. The maximum absolute atomic E-state index is 13.2. The largest absolute Gasteiger partial charge is 0.383 e. The number of aromatic nitrogens is 4. The summed E-state index contributed by atoms with van der Waals surface area (Å²) in [6, 6.07) is 17.0. The fourth-order valence-electron chi connectivity index (χ4n) is 3.79. The molecule has 0 aliphatic carbocycles. The smallest absolute Gasteiger partial charge is 0.173 e. The molecule has 0 N–H and O–H groups in total. The molecule has 1 saturated heterocycles.